The van der Waals surface area contributed by atoms with Crippen LogP contribution in [0.1, 0.15) is 26.8 Å². The van der Waals surface area contributed by atoms with Gasteiger partial charge in [0.15, 0.2) is 6.04 Å². The number of carboxylic acids is 1. The Labute approximate surface area is 190 Å². The number of nitrogens with one attached hydrogen (secondary N) is 1. The standard InChI is InChI=1S/C23H14ClN3O4S/c24-19-10-9-18(32-19)20(23(30)31)26-21(28)13-5-7-15(8-6-13)27-12-14(11-25)16-3-1-2-4-17(16)22(27)29/h1-10,12,20H,(H,26,28)(H,30,31). The van der Waals surface area contributed by atoms with Crippen molar-refractivity contribution < 1.29 is 14.7 Å². The molecule has 0 spiro atoms. The molecular weight excluding hydrogens is 450 g/mol. The minimum atomic E-state index is -1.24. The monoisotopic (exact) mass is 463 g/mol. The number of hydrogen-bond acceptors (Lipinski definition) is 5. The molecule has 1 amide bonds. The van der Waals surface area contributed by atoms with Crippen LogP contribution in [-0.4, -0.2) is 21.6 Å². The molecular formula is C23H14ClN3O4S. The first-order valence-corrected chi connectivity index (χ1v) is 10.5. The van der Waals surface area contributed by atoms with Crippen molar-refractivity contribution in [1.82, 2.24) is 9.88 Å². The van der Waals surface area contributed by atoms with Gasteiger partial charge < -0.3 is 10.4 Å². The van der Waals surface area contributed by atoms with Crippen molar-refractivity contribution in [3.05, 3.63) is 97.6 Å². The summed E-state index contributed by atoms with van der Waals surface area (Å²) in [6, 6.07) is 16.9. The molecule has 158 valence electrons. The van der Waals surface area contributed by atoms with E-state index in [2.05, 4.69) is 11.4 Å². The number of halogens is 1. The molecule has 0 aliphatic heterocycles. The number of hydrogen-bond donors (Lipinski definition) is 2. The topological polar surface area (TPSA) is 112 Å². The van der Waals surface area contributed by atoms with E-state index in [0.29, 0.717) is 31.2 Å². The van der Waals surface area contributed by atoms with Gasteiger partial charge in [-0.2, -0.15) is 5.26 Å². The number of aliphatic carboxylic acids is 1. The summed E-state index contributed by atoms with van der Waals surface area (Å²) in [4.78, 5) is 37.5. The van der Waals surface area contributed by atoms with E-state index in [4.69, 9.17) is 11.6 Å². The van der Waals surface area contributed by atoms with Crippen molar-refractivity contribution in [1.29, 1.82) is 5.26 Å². The summed E-state index contributed by atoms with van der Waals surface area (Å²) in [6.45, 7) is 0. The van der Waals surface area contributed by atoms with Crippen molar-refractivity contribution in [3.8, 4) is 11.8 Å². The van der Waals surface area contributed by atoms with E-state index in [1.165, 1.54) is 22.9 Å². The largest absolute Gasteiger partial charge is 0.479 e. The zero-order chi connectivity index (χ0) is 22.8. The first-order chi connectivity index (χ1) is 15.4. The van der Waals surface area contributed by atoms with Crippen molar-refractivity contribution in [2.24, 2.45) is 0 Å². The van der Waals surface area contributed by atoms with Crippen LogP contribution in [0.25, 0.3) is 16.5 Å². The van der Waals surface area contributed by atoms with E-state index >= 15 is 0 Å². The van der Waals surface area contributed by atoms with Crippen LogP contribution < -0.4 is 10.9 Å². The summed E-state index contributed by atoms with van der Waals surface area (Å²) in [7, 11) is 0. The summed E-state index contributed by atoms with van der Waals surface area (Å²) in [6.07, 6.45) is 1.46. The van der Waals surface area contributed by atoms with Crippen LogP contribution in [0.15, 0.2) is 71.7 Å². The quantitative estimate of drug-likeness (QED) is 0.462. The molecule has 32 heavy (non-hydrogen) atoms. The number of aromatic nitrogens is 1. The molecule has 2 aromatic heterocycles. The highest BCUT2D eigenvalue weighted by Gasteiger charge is 2.24. The number of amides is 1. The number of carbonyl (C=O) groups is 2. The Bertz CT molecular complexity index is 1450. The lowest BCUT2D eigenvalue weighted by Crippen LogP contribution is -2.33. The van der Waals surface area contributed by atoms with Gasteiger partial charge >= 0.3 is 5.97 Å². The predicted molar refractivity (Wildman–Crippen MR) is 121 cm³/mol. The summed E-state index contributed by atoms with van der Waals surface area (Å²) < 4.78 is 1.76. The van der Waals surface area contributed by atoms with Gasteiger partial charge in [-0.05, 0) is 42.5 Å². The van der Waals surface area contributed by atoms with Gasteiger partial charge in [0.1, 0.15) is 6.07 Å². The third-order valence-electron chi connectivity index (χ3n) is 4.85. The SMILES string of the molecule is N#Cc1cn(-c2ccc(C(=O)NC(C(=O)O)c3ccc(Cl)s3)cc2)c(=O)c2ccccc12. The molecule has 2 N–H and O–H groups in total. The second kappa shape index (κ2) is 8.67. The Kier molecular flexibility index (Phi) is 5.77. The van der Waals surface area contributed by atoms with E-state index in [1.807, 2.05) is 0 Å². The fourth-order valence-corrected chi connectivity index (χ4v) is 4.40. The van der Waals surface area contributed by atoms with Gasteiger partial charge in [-0.1, -0.05) is 29.8 Å². The maximum absolute atomic E-state index is 12.9. The first-order valence-electron chi connectivity index (χ1n) is 9.33. The molecule has 9 heteroatoms. The van der Waals surface area contributed by atoms with Gasteiger partial charge in [-0.25, -0.2) is 4.79 Å². The van der Waals surface area contributed by atoms with Crippen LogP contribution in [0.5, 0.6) is 0 Å². The lowest BCUT2D eigenvalue weighted by Gasteiger charge is -2.14. The Balaban J connectivity index is 1.64. The molecule has 0 bridgehead atoms. The third-order valence-corrected chi connectivity index (χ3v) is 6.15. The van der Waals surface area contributed by atoms with Crippen molar-refractivity contribution in [3.63, 3.8) is 0 Å². The van der Waals surface area contributed by atoms with E-state index < -0.39 is 17.9 Å². The molecule has 0 aliphatic carbocycles. The lowest BCUT2D eigenvalue weighted by atomic mass is 10.1. The molecule has 1 atom stereocenters. The van der Waals surface area contributed by atoms with Crippen molar-refractivity contribution in [2.75, 3.05) is 0 Å². The van der Waals surface area contributed by atoms with E-state index in [0.717, 1.165) is 11.3 Å². The fourth-order valence-electron chi connectivity index (χ4n) is 3.30. The number of nitrogens with zero attached hydrogens (tertiary/aromatic N) is 2. The van der Waals surface area contributed by atoms with E-state index in [1.54, 1.807) is 48.5 Å². The minimum absolute atomic E-state index is 0.219. The van der Waals surface area contributed by atoms with Gasteiger partial charge in [-0.3, -0.25) is 14.2 Å². The van der Waals surface area contributed by atoms with Crippen LogP contribution >= 0.6 is 22.9 Å². The van der Waals surface area contributed by atoms with E-state index in [9.17, 15) is 24.8 Å². The summed E-state index contributed by atoms with van der Waals surface area (Å²) >= 11 is 6.95. The van der Waals surface area contributed by atoms with Crippen LogP contribution in [0.2, 0.25) is 4.34 Å². The van der Waals surface area contributed by atoms with Gasteiger partial charge in [0.2, 0.25) is 0 Å². The number of nitriles is 1. The normalized spacial score (nSPS) is 11.6. The first kappa shape index (κ1) is 21.3. The predicted octanol–water partition coefficient (Wildman–Crippen LogP) is 4.13. The van der Waals surface area contributed by atoms with Crippen molar-refractivity contribution in [2.45, 2.75) is 6.04 Å². The highest BCUT2D eigenvalue weighted by Crippen LogP contribution is 2.27. The summed E-state index contributed by atoms with van der Waals surface area (Å²) in [5, 5.41) is 22.4. The maximum Gasteiger partial charge on any atom is 0.331 e. The zero-order valence-electron chi connectivity index (χ0n) is 16.3. The van der Waals surface area contributed by atoms with Crippen LogP contribution in [0, 0.1) is 11.3 Å². The molecule has 4 rings (SSSR count). The number of carboxylic acid groups (broad SMARTS) is 1. The average Bonchev–Trinajstić information content (AvgIpc) is 3.23. The molecule has 7 nitrogen and oxygen atoms in total. The Morgan fingerprint density at radius 3 is 2.34 bits per heavy atom. The number of benzene rings is 2. The smallest absolute Gasteiger partial charge is 0.331 e. The van der Waals surface area contributed by atoms with Crippen molar-refractivity contribution >= 4 is 45.6 Å². The summed E-state index contributed by atoms with van der Waals surface area (Å²) in [5.41, 5.74) is 0.740. The molecule has 1 unspecified atom stereocenters. The minimum Gasteiger partial charge on any atom is -0.479 e. The molecule has 0 saturated carbocycles. The lowest BCUT2D eigenvalue weighted by molar-refractivity contribution is -0.139. The van der Waals surface area contributed by atoms with Crippen LogP contribution in [0.3, 0.4) is 0 Å². The molecule has 0 aliphatic rings. The average molecular weight is 464 g/mol. The molecule has 0 fully saturated rings. The summed E-state index contributed by atoms with van der Waals surface area (Å²) in [5.74, 6) is -1.79. The molecule has 2 aromatic carbocycles. The highest BCUT2D eigenvalue weighted by molar-refractivity contribution is 7.16. The number of carbonyl (C=O) groups excluding carboxylic acids is 1. The third kappa shape index (κ3) is 3.99. The molecule has 0 saturated heterocycles. The molecule has 0 radical (unpaired) electrons. The number of pyridine rings is 1. The van der Waals surface area contributed by atoms with Gasteiger partial charge in [0.25, 0.3) is 11.5 Å². The van der Waals surface area contributed by atoms with Gasteiger partial charge in [0.05, 0.1) is 9.90 Å². The highest BCUT2D eigenvalue weighted by atomic mass is 35.5. The molecule has 2 heterocycles. The second-order valence-electron chi connectivity index (χ2n) is 6.81. The number of thiophene rings is 1. The Morgan fingerprint density at radius 2 is 1.75 bits per heavy atom. The zero-order valence-corrected chi connectivity index (χ0v) is 17.9. The number of fused-ring (bicyclic) bond motifs is 1. The van der Waals surface area contributed by atoms with Crippen LogP contribution in [0.4, 0.5) is 0 Å². The maximum atomic E-state index is 12.9. The molecule has 4 aromatic rings. The fraction of sp³-hybridized carbons (Fsp3) is 0.0435. The van der Waals surface area contributed by atoms with Gasteiger partial charge in [-0.15, -0.1) is 11.3 Å². The van der Waals surface area contributed by atoms with Gasteiger partial charge in [0, 0.05) is 33.1 Å². The second-order valence-corrected chi connectivity index (χ2v) is 8.56. The van der Waals surface area contributed by atoms with Crippen LogP contribution in [-0.2, 0) is 4.79 Å². The Morgan fingerprint density at radius 1 is 1.06 bits per heavy atom. The van der Waals surface area contributed by atoms with E-state index in [-0.39, 0.29) is 11.1 Å². The number of rotatable bonds is 5. The Hall–Kier alpha value is -3.93.